The van der Waals surface area contributed by atoms with E-state index in [-0.39, 0.29) is 5.60 Å². The van der Waals surface area contributed by atoms with Crippen molar-refractivity contribution in [3.8, 4) is 0 Å². The highest BCUT2D eigenvalue weighted by Gasteiger charge is 2.28. The van der Waals surface area contributed by atoms with Crippen molar-refractivity contribution in [3.05, 3.63) is 18.1 Å². The van der Waals surface area contributed by atoms with E-state index >= 15 is 0 Å². The van der Waals surface area contributed by atoms with Crippen LogP contribution >= 0.6 is 0 Å². The molecule has 0 radical (unpaired) electrons. The van der Waals surface area contributed by atoms with Crippen molar-refractivity contribution < 1.29 is 4.74 Å². The molecule has 1 aromatic heterocycles. The molecule has 1 aliphatic rings. The predicted molar refractivity (Wildman–Crippen MR) is 76.3 cm³/mol. The summed E-state index contributed by atoms with van der Waals surface area (Å²) in [6.45, 7) is 10.6. The molecule has 0 saturated carbocycles. The predicted octanol–water partition coefficient (Wildman–Crippen LogP) is 1.59. The van der Waals surface area contributed by atoms with Crippen LogP contribution in [0.3, 0.4) is 0 Å². The van der Waals surface area contributed by atoms with Gasteiger partial charge in [0.2, 0.25) is 0 Å². The van der Waals surface area contributed by atoms with E-state index in [1.54, 1.807) is 0 Å². The summed E-state index contributed by atoms with van der Waals surface area (Å²) in [5.41, 5.74) is 0.881. The smallest absolute Gasteiger partial charge is 0.147 e. The molecule has 2 heterocycles. The monoisotopic (exact) mass is 264 g/mol. The Morgan fingerprint density at radius 3 is 3.00 bits per heavy atom. The van der Waals surface area contributed by atoms with Crippen molar-refractivity contribution in [1.82, 2.24) is 15.3 Å². The molecule has 106 valence electrons. The summed E-state index contributed by atoms with van der Waals surface area (Å²) in [6, 6.07) is 0. The van der Waals surface area contributed by atoms with Crippen LogP contribution in [0.15, 0.2) is 12.4 Å². The Morgan fingerprint density at radius 1 is 1.42 bits per heavy atom. The van der Waals surface area contributed by atoms with Gasteiger partial charge in [-0.05, 0) is 26.8 Å². The number of nitrogens with one attached hydrogen (secondary N) is 1. The highest BCUT2D eigenvalue weighted by Crippen LogP contribution is 2.20. The second-order valence-corrected chi connectivity index (χ2v) is 5.58. The average Bonchev–Trinajstić information content (AvgIpc) is 2.38. The molecule has 0 aromatic carbocycles. The lowest BCUT2D eigenvalue weighted by Crippen LogP contribution is -2.48. The van der Waals surface area contributed by atoms with Crippen LogP contribution in [0.1, 0.15) is 32.9 Å². The summed E-state index contributed by atoms with van der Waals surface area (Å²) in [5.74, 6) is 0.951. The lowest BCUT2D eigenvalue weighted by atomic mass is 10.1. The van der Waals surface area contributed by atoms with Crippen LogP contribution in [0, 0.1) is 0 Å². The second-order valence-electron chi connectivity index (χ2n) is 5.58. The minimum absolute atomic E-state index is 0.115. The zero-order chi connectivity index (χ0) is 13.7. The maximum atomic E-state index is 5.72. The van der Waals surface area contributed by atoms with Gasteiger partial charge in [0, 0.05) is 25.8 Å². The molecule has 5 nitrogen and oxygen atoms in total. The molecule has 0 amide bonds. The Labute approximate surface area is 115 Å². The highest BCUT2D eigenvalue weighted by atomic mass is 16.5. The topological polar surface area (TPSA) is 50.3 Å². The van der Waals surface area contributed by atoms with Gasteiger partial charge in [0.15, 0.2) is 0 Å². The number of anilines is 1. The summed E-state index contributed by atoms with van der Waals surface area (Å²) >= 11 is 0. The van der Waals surface area contributed by atoms with Crippen LogP contribution in [0.25, 0.3) is 0 Å². The lowest BCUT2D eigenvalue weighted by molar-refractivity contribution is -0.0279. The molecular formula is C14H24N4O. The summed E-state index contributed by atoms with van der Waals surface area (Å²) in [4.78, 5) is 11.2. The van der Waals surface area contributed by atoms with Crippen molar-refractivity contribution >= 4 is 5.82 Å². The molecule has 0 unspecified atom stereocenters. The van der Waals surface area contributed by atoms with Crippen LogP contribution in [0.2, 0.25) is 0 Å². The van der Waals surface area contributed by atoms with Gasteiger partial charge in [-0.15, -0.1) is 0 Å². The van der Waals surface area contributed by atoms with Gasteiger partial charge in [-0.25, -0.2) is 4.98 Å². The van der Waals surface area contributed by atoms with Crippen molar-refractivity contribution in [2.75, 3.05) is 31.1 Å². The SMILES string of the molecule is CCCNCc1cncc(N2CCOC(C)(C)C2)n1. The fraction of sp³-hybridized carbons (Fsp3) is 0.714. The molecular weight excluding hydrogens is 240 g/mol. The number of hydrogen-bond donors (Lipinski definition) is 1. The van der Waals surface area contributed by atoms with E-state index in [1.165, 1.54) is 0 Å². The van der Waals surface area contributed by atoms with Crippen LogP contribution < -0.4 is 10.2 Å². The van der Waals surface area contributed by atoms with Crippen molar-refractivity contribution in [2.24, 2.45) is 0 Å². The van der Waals surface area contributed by atoms with Crippen LogP contribution in [0.5, 0.6) is 0 Å². The van der Waals surface area contributed by atoms with E-state index in [9.17, 15) is 0 Å². The molecule has 5 heteroatoms. The van der Waals surface area contributed by atoms with E-state index in [2.05, 4.69) is 41.0 Å². The first kappa shape index (κ1) is 14.2. The van der Waals surface area contributed by atoms with Gasteiger partial charge in [0.1, 0.15) is 5.82 Å². The van der Waals surface area contributed by atoms with Crippen LogP contribution in [0.4, 0.5) is 5.82 Å². The molecule has 0 spiro atoms. The van der Waals surface area contributed by atoms with Gasteiger partial charge in [-0.2, -0.15) is 0 Å². The Balaban J connectivity index is 2.01. The number of morpholine rings is 1. The van der Waals surface area contributed by atoms with Gasteiger partial charge < -0.3 is 15.0 Å². The van der Waals surface area contributed by atoms with E-state index in [0.717, 1.165) is 50.7 Å². The third-order valence-corrected chi connectivity index (χ3v) is 3.15. The lowest BCUT2D eigenvalue weighted by Gasteiger charge is -2.38. The maximum absolute atomic E-state index is 5.72. The first-order valence-electron chi connectivity index (χ1n) is 7.01. The third-order valence-electron chi connectivity index (χ3n) is 3.15. The van der Waals surface area contributed by atoms with Gasteiger partial charge >= 0.3 is 0 Å². The van der Waals surface area contributed by atoms with E-state index in [4.69, 9.17) is 4.74 Å². The molecule has 1 saturated heterocycles. The maximum Gasteiger partial charge on any atom is 0.147 e. The fourth-order valence-electron chi connectivity index (χ4n) is 2.24. The largest absolute Gasteiger partial charge is 0.372 e. The molecule has 19 heavy (non-hydrogen) atoms. The standard InChI is InChI=1S/C14H24N4O/c1-4-5-15-8-12-9-16-10-13(17-12)18-6-7-19-14(2,3)11-18/h9-10,15H,4-8,11H2,1-3H3. The number of aromatic nitrogens is 2. The van der Waals surface area contributed by atoms with Crippen molar-refractivity contribution in [1.29, 1.82) is 0 Å². The highest BCUT2D eigenvalue weighted by molar-refractivity contribution is 5.37. The summed E-state index contributed by atoms with van der Waals surface area (Å²) < 4.78 is 5.72. The normalized spacial score (nSPS) is 18.6. The van der Waals surface area contributed by atoms with Gasteiger partial charge in [0.05, 0.1) is 24.1 Å². The molecule has 2 rings (SSSR count). The van der Waals surface area contributed by atoms with Crippen molar-refractivity contribution in [3.63, 3.8) is 0 Å². The van der Waals surface area contributed by atoms with Crippen molar-refractivity contribution in [2.45, 2.75) is 39.3 Å². The fourth-order valence-corrected chi connectivity index (χ4v) is 2.24. The molecule has 1 N–H and O–H groups in total. The quantitative estimate of drug-likeness (QED) is 0.819. The summed E-state index contributed by atoms with van der Waals surface area (Å²) in [5, 5.41) is 3.35. The molecule has 1 aromatic rings. The Bertz CT molecular complexity index is 408. The average molecular weight is 264 g/mol. The van der Waals surface area contributed by atoms with Crippen LogP contribution in [-0.4, -0.2) is 41.8 Å². The Hall–Kier alpha value is -1.20. The number of ether oxygens (including phenoxy) is 1. The first-order valence-corrected chi connectivity index (χ1v) is 7.01. The Morgan fingerprint density at radius 2 is 2.26 bits per heavy atom. The second kappa shape index (κ2) is 6.30. The molecule has 0 aliphatic carbocycles. The molecule has 1 aliphatic heterocycles. The molecule has 0 atom stereocenters. The first-order chi connectivity index (χ1) is 9.11. The minimum Gasteiger partial charge on any atom is -0.372 e. The number of hydrogen-bond acceptors (Lipinski definition) is 5. The zero-order valence-electron chi connectivity index (χ0n) is 12.1. The number of rotatable bonds is 5. The zero-order valence-corrected chi connectivity index (χ0v) is 12.1. The van der Waals surface area contributed by atoms with Gasteiger partial charge in [0.25, 0.3) is 0 Å². The Kier molecular flexibility index (Phi) is 4.71. The summed E-state index contributed by atoms with van der Waals surface area (Å²) in [7, 11) is 0. The van der Waals surface area contributed by atoms with E-state index < -0.39 is 0 Å². The van der Waals surface area contributed by atoms with Gasteiger partial charge in [-0.3, -0.25) is 4.98 Å². The van der Waals surface area contributed by atoms with Crippen LogP contribution in [-0.2, 0) is 11.3 Å². The number of nitrogens with zero attached hydrogens (tertiary/aromatic N) is 3. The molecule has 1 fully saturated rings. The minimum atomic E-state index is -0.115. The third kappa shape index (κ3) is 4.14. The van der Waals surface area contributed by atoms with E-state index in [0.29, 0.717) is 0 Å². The molecule has 0 bridgehead atoms. The van der Waals surface area contributed by atoms with Gasteiger partial charge in [-0.1, -0.05) is 6.92 Å². The summed E-state index contributed by atoms with van der Waals surface area (Å²) in [6.07, 6.45) is 4.80. The van der Waals surface area contributed by atoms with E-state index in [1.807, 2.05) is 12.4 Å².